The van der Waals surface area contributed by atoms with Crippen LogP contribution in [0, 0.1) is 5.92 Å². The summed E-state index contributed by atoms with van der Waals surface area (Å²) in [7, 11) is 2.02. The van der Waals surface area contributed by atoms with Gasteiger partial charge in [0.15, 0.2) is 0 Å². The molecule has 1 unspecified atom stereocenters. The molecule has 1 aromatic carbocycles. The first-order valence-electron chi connectivity index (χ1n) is 7.32. The fraction of sp³-hybridized carbons (Fsp3) is 0.562. The van der Waals surface area contributed by atoms with Crippen LogP contribution in [0.25, 0.3) is 0 Å². The van der Waals surface area contributed by atoms with Gasteiger partial charge in [-0.25, -0.2) is 0 Å². The molecule has 20 heavy (non-hydrogen) atoms. The van der Waals surface area contributed by atoms with Gasteiger partial charge in [0.05, 0.1) is 6.04 Å². The molecule has 0 aliphatic carbocycles. The second kappa shape index (κ2) is 7.90. The smallest absolute Gasteiger partial charge is 0.241 e. The minimum atomic E-state index is -0.112. The van der Waals surface area contributed by atoms with Gasteiger partial charge in [0.1, 0.15) is 0 Å². The van der Waals surface area contributed by atoms with Crippen molar-refractivity contribution in [2.45, 2.75) is 39.7 Å². The monoisotopic (exact) mass is 277 g/mol. The number of carbonyl (C=O) groups excluding carboxylic acids is 1. The van der Waals surface area contributed by atoms with E-state index in [9.17, 15) is 4.79 Å². The molecular formula is C16H27N3O. The van der Waals surface area contributed by atoms with E-state index in [-0.39, 0.29) is 17.9 Å². The normalized spacial score (nSPS) is 12.7. The third-order valence-corrected chi connectivity index (χ3v) is 3.42. The van der Waals surface area contributed by atoms with E-state index in [0.29, 0.717) is 5.69 Å². The van der Waals surface area contributed by atoms with Crippen molar-refractivity contribution in [2.24, 2.45) is 5.92 Å². The quantitative estimate of drug-likeness (QED) is 0.753. The van der Waals surface area contributed by atoms with Crippen LogP contribution in [-0.4, -0.2) is 30.4 Å². The number of nitrogens with two attached hydrogens (primary N) is 1. The lowest BCUT2D eigenvalue weighted by molar-refractivity contribution is -0.122. The zero-order chi connectivity index (χ0) is 15.1. The number of nitrogens with zero attached hydrogens (tertiary/aromatic N) is 1. The van der Waals surface area contributed by atoms with E-state index in [1.807, 2.05) is 19.2 Å². The molecule has 0 radical (unpaired) electrons. The van der Waals surface area contributed by atoms with Crippen molar-refractivity contribution >= 4 is 17.3 Å². The predicted molar refractivity (Wildman–Crippen MR) is 85.6 cm³/mol. The minimum absolute atomic E-state index is 0.0448. The van der Waals surface area contributed by atoms with Crippen LogP contribution < -0.4 is 11.1 Å². The first-order valence-corrected chi connectivity index (χ1v) is 7.32. The Bertz CT molecular complexity index is 414. The molecule has 4 heteroatoms. The molecule has 0 aliphatic rings. The molecule has 112 valence electrons. The van der Waals surface area contributed by atoms with E-state index < -0.39 is 0 Å². The molecule has 0 bridgehead atoms. The molecule has 0 saturated carbocycles. The molecular weight excluding hydrogens is 250 g/mol. The summed E-state index contributed by atoms with van der Waals surface area (Å²) in [6, 6.07) is 7.13. The van der Waals surface area contributed by atoms with E-state index in [1.54, 1.807) is 12.1 Å². The van der Waals surface area contributed by atoms with E-state index in [4.69, 9.17) is 5.73 Å². The van der Waals surface area contributed by atoms with Gasteiger partial charge in [-0.15, -0.1) is 0 Å². The molecule has 1 amide bonds. The topological polar surface area (TPSA) is 58.4 Å². The summed E-state index contributed by atoms with van der Waals surface area (Å²) < 4.78 is 0. The predicted octanol–water partition coefficient (Wildman–Crippen LogP) is 2.96. The number of nitrogens with one attached hydrogen (secondary N) is 1. The molecule has 1 aromatic rings. The number of carbonyl (C=O) groups is 1. The Labute approximate surface area is 122 Å². The first-order chi connectivity index (χ1) is 9.45. The van der Waals surface area contributed by atoms with Gasteiger partial charge in [0.2, 0.25) is 5.91 Å². The highest BCUT2D eigenvalue weighted by Gasteiger charge is 2.26. The van der Waals surface area contributed by atoms with Gasteiger partial charge < -0.3 is 11.1 Å². The number of unbranched alkanes of at least 4 members (excludes halogenated alkanes) is 1. The highest BCUT2D eigenvalue weighted by molar-refractivity contribution is 5.95. The maximum atomic E-state index is 12.5. The first kappa shape index (κ1) is 16.5. The maximum Gasteiger partial charge on any atom is 0.241 e. The third-order valence-electron chi connectivity index (χ3n) is 3.42. The molecule has 0 heterocycles. The molecule has 0 aromatic heterocycles. The summed E-state index contributed by atoms with van der Waals surface area (Å²) in [6.45, 7) is 7.26. The molecule has 0 fully saturated rings. The van der Waals surface area contributed by atoms with Gasteiger partial charge in [-0.2, -0.15) is 0 Å². The van der Waals surface area contributed by atoms with Gasteiger partial charge in [-0.05, 0) is 50.2 Å². The van der Waals surface area contributed by atoms with Crippen LogP contribution in [0.1, 0.15) is 33.6 Å². The average Bonchev–Trinajstić information content (AvgIpc) is 2.38. The lowest BCUT2D eigenvalue weighted by Crippen LogP contribution is -2.45. The average molecular weight is 277 g/mol. The molecule has 0 aliphatic heterocycles. The number of amides is 1. The summed E-state index contributed by atoms with van der Waals surface area (Å²) in [6.07, 6.45) is 2.24. The van der Waals surface area contributed by atoms with Crippen LogP contribution in [0.15, 0.2) is 24.3 Å². The molecule has 4 nitrogen and oxygen atoms in total. The zero-order valence-corrected chi connectivity index (χ0v) is 13.0. The van der Waals surface area contributed by atoms with Crippen molar-refractivity contribution < 1.29 is 4.79 Å². The zero-order valence-electron chi connectivity index (χ0n) is 13.0. The second-order valence-electron chi connectivity index (χ2n) is 5.63. The third kappa shape index (κ3) is 4.85. The number of hydrogen-bond donors (Lipinski definition) is 2. The molecule has 0 saturated heterocycles. The van der Waals surface area contributed by atoms with E-state index >= 15 is 0 Å². The molecule has 1 rings (SSSR count). The number of benzene rings is 1. The van der Waals surface area contributed by atoms with Crippen molar-refractivity contribution in [3.05, 3.63) is 24.3 Å². The second-order valence-corrected chi connectivity index (χ2v) is 5.63. The number of anilines is 2. The summed E-state index contributed by atoms with van der Waals surface area (Å²) in [5, 5.41) is 2.97. The number of likely N-dealkylation sites (N-methyl/N-ethyl adjacent to an activating group) is 1. The number of rotatable bonds is 7. The Morgan fingerprint density at radius 2 is 1.90 bits per heavy atom. The largest absolute Gasteiger partial charge is 0.399 e. The van der Waals surface area contributed by atoms with E-state index in [1.165, 1.54) is 0 Å². The van der Waals surface area contributed by atoms with Crippen LogP contribution in [-0.2, 0) is 4.79 Å². The Morgan fingerprint density at radius 3 is 2.40 bits per heavy atom. The lowest BCUT2D eigenvalue weighted by Gasteiger charge is -2.30. The Balaban J connectivity index is 2.71. The van der Waals surface area contributed by atoms with Crippen LogP contribution in [0.4, 0.5) is 11.4 Å². The Kier molecular flexibility index (Phi) is 6.52. The van der Waals surface area contributed by atoms with Gasteiger partial charge >= 0.3 is 0 Å². The maximum absolute atomic E-state index is 12.5. The van der Waals surface area contributed by atoms with Gasteiger partial charge in [0.25, 0.3) is 0 Å². The highest BCUT2D eigenvalue weighted by atomic mass is 16.2. The standard InChI is InChI=1S/C16H27N3O/c1-5-6-11-19(4)15(12(2)3)16(20)18-14-9-7-13(17)8-10-14/h7-10,12,15H,5-6,11,17H2,1-4H3,(H,18,20). The van der Waals surface area contributed by atoms with Crippen molar-refractivity contribution in [1.82, 2.24) is 4.90 Å². The van der Waals surface area contributed by atoms with Crippen molar-refractivity contribution in [3.63, 3.8) is 0 Å². The van der Waals surface area contributed by atoms with Crippen molar-refractivity contribution in [2.75, 3.05) is 24.6 Å². The van der Waals surface area contributed by atoms with Crippen molar-refractivity contribution in [1.29, 1.82) is 0 Å². The Morgan fingerprint density at radius 1 is 1.30 bits per heavy atom. The fourth-order valence-corrected chi connectivity index (χ4v) is 2.34. The van der Waals surface area contributed by atoms with Gasteiger partial charge in [0, 0.05) is 11.4 Å². The van der Waals surface area contributed by atoms with Gasteiger partial charge in [-0.1, -0.05) is 27.2 Å². The van der Waals surface area contributed by atoms with Crippen LogP contribution in [0.5, 0.6) is 0 Å². The van der Waals surface area contributed by atoms with Crippen LogP contribution >= 0.6 is 0 Å². The van der Waals surface area contributed by atoms with Crippen LogP contribution in [0.3, 0.4) is 0 Å². The molecule has 0 spiro atoms. The number of nitrogen functional groups attached to an aromatic ring is 1. The Hall–Kier alpha value is -1.55. The van der Waals surface area contributed by atoms with E-state index in [2.05, 4.69) is 31.0 Å². The molecule has 3 N–H and O–H groups in total. The number of hydrogen-bond acceptors (Lipinski definition) is 3. The highest BCUT2D eigenvalue weighted by Crippen LogP contribution is 2.15. The minimum Gasteiger partial charge on any atom is -0.399 e. The summed E-state index contributed by atoms with van der Waals surface area (Å²) >= 11 is 0. The van der Waals surface area contributed by atoms with E-state index in [0.717, 1.165) is 25.1 Å². The molecule has 1 atom stereocenters. The summed E-state index contributed by atoms with van der Waals surface area (Å²) in [4.78, 5) is 14.6. The SMILES string of the molecule is CCCCN(C)C(C(=O)Nc1ccc(N)cc1)C(C)C. The van der Waals surface area contributed by atoms with Crippen LogP contribution in [0.2, 0.25) is 0 Å². The summed E-state index contributed by atoms with van der Waals surface area (Å²) in [5.41, 5.74) is 7.14. The lowest BCUT2D eigenvalue weighted by atomic mass is 10.0. The van der Waals surface area contributed by atoms with Crippen molar-refractivity contribution in [3.8, 4) is 0 Å². The summed E-state index contributed by atoms with van der Waals surface area (Å²) in [5.74, 6) is 0.314. The fourth-order valence-electron chi connectivity index (χ4n) is 2.34. The van der Waals surface area contributed by atoms with Gasteiger partial charge in [-0.3, -0.25) is 9.69 Å².